The van der Waals surface area contributed by atoms with Gasteiger partial charge in [0, 0.05) is 6.54 Å². The quantitative estimate of drug-likeness (QED) is 0.824. The number of aromatic nitrogens is 3. The summed E-state index contributed by atoms with van der Waals surface area (Å²) in [5.74, 6) is 0.547. The largest absolute Gasteiger partial charge is 0.302 e. The van der Waals surface area contributed by atoms with Gasteiger partial charge in [0.25, 0.3) is 0 Å². The lowest BCUT2D eigenvalue weighted by atomic mass is 10.1. The van der Waals surface area contributed by atoms with Gasteiger partial charge in [0.05, 0.1) is 0 Å². The summed E-state index contributed by atoms with van der Waals surface area (Å²) in [6, 6.07) is 6.54. The molecule has 0 amide bonds. The first-order valence-corrected chi connectivity index (χ1v) is 5.34. The van der Waals surface area contributed by atoms with Gasteiger partial charge in [-0.3, -0.25) is 0 Å². The monoisotopic (exact) mass is 239 g/mol. The van der Waals surface area contributed by atoms with E-state index in [-0.39, 0.29) is 5.82 Å². The number of aryl methyl sites for hydroxylation is 2. The summed E-state index contributed by atoms with van der Waals surface area (Å²) >= 11 is 5.86. The number of hydrogen-bond acceptors (Lipinski definition) is 2. The molecule has 84 valence electrons. The number of benzene rings is 1. The molecule has 0 aliphatic carbocycles. The van der Waals surface area contributed by atoms with Gasteiger partial charge < -0.3 is 4.57 Å². The first-order valence-electron chi connectivity index (χ1n) is 4.96. The van der Waals surface area contributed by atoms with Crippen LogP contribution in [0.1, 0.15) is 11.4 Å². The van der Waals surface area contributed by atoms with Crippen LogP contribution in [0.3, 0.4) is 0 Å². The molecule has 0 aliphatic heterocycles. The second-order valence-corrected chi connectivity index (χ2v) is 3.89. The Morgan fingerprint density at radius 1 is 1.38 bits per heavy atom. The molecule has 1 aromatic heterocycles. The van der Waals surface area contributed by atoms with Crippen molar-refractivity contribution in [1.29, 1.82) is 0 Å². The van der Waals surface area contributed by atoms with Crippen LogP contribution in [-0.4, -0.2) is 14.8 Å². The van der Waals surface area contributed by atoms with Crippen LogP contribution in [0, 0.1) is 12.7 Å². The predicted molar refractivity (Wildman–Crippen MR) is 59.9 cm³/mol. The van der Waals surface area contributed by atoms with Crippen LogP contribution in [0.4, 0.5) is 4.39 Å². The standard InChI is InChI=1S/C11H11ClFN3/c1-8-14-15-11(12)16(8)6-5-9-3-2-4-10(13)7-9/h2-4,7H,5-6H2,1H3. The maximum Gasteiger partial charge on any atom is 0.225 e. The minimum absolute atomic E-state index is 0.218. The average molecular weight is 240 g/mol. The molecule has 16 heavy (non-hydrogen) atoms. The van der Waals surface area contributed by atoms with E-state index < -0.39 is 0 Å². The lowest BCUT2D eigenvalue weighted by Gasteiger charge is -2.05. The van der Waals surface area contributed by atoms with Gasteiger partial charge in [0.15, 0.2) is 0 Å². The molecule has 0 radical (unpaired) electrons. The Labute approximate surface area is 97.9 Å². The highest BCUT2D eigenvalue weighted by Crippen LogP contribution is 2.10. The molecule has 2 aromatic rings. The Morgan fingerprint density at radius 2 is 2.19 bits per heavy atom. The van der Waals surface area contributed by atoms with Crippen molar-refractivity contribution in [2.45, 2.75) is 19.9 Å². The fourth-order valence-corrected chi connectivity index (χ4v) is 1.79. The minimum atomic E-state index is -0.218. The van der Waals surface area contributed by atoms with Crippen LogP contribution in [0.5, 0.6) is 0 Å². The van der Waals surface area contributed by atoms with E-state index in [1.165, 1.54) is 12.1 Å². The highest BCUT2D eigenvalue weighted by atomic mass is 35.5. The lowest BCUT2D eigenvalue weighted by Crippen LogP contribution is -2.03. The normalized spacial score (nSPS) is 10.7. The van der Waals surface area contributed by atoms with Gasteiger partial charge in [-0.15, -0.1) is 10.2 Å². The summed E-state index contributed by atoms with van der Waals surface area (Å²) in [6.45, 7) is 2.49. The maximum atomic E-state index is 12.9. The van der Waals surface area contributed by atoms with Crippen LogP contribution in [0.25, 0.3) is 0 Å². The molecule has 0 spiro atoms. The van der Waals surface area contributed by atoms with Crippen molar-refractivity contribution >= 4 is 11.6 Å². The van der Waals surface area contributed by atoms with Crippen LogP contribution >= 0.6 is 11.6 Å². The SMILES string of the molecule is Cc1nnc(Cl)n1CCc1cccc(F)c1. The zero-order chi connectivity index (χ0) is 11.5. The number of hydrogen-bond donors (Lipinski definition) is 0. The van der Waals surface area contributed by atoms with E-state index in [0.29, 0.717) is 18.2 Å². The van der Waals surface area contributed by atoms with Crippen molar-refractivity contribution in [2.24, 2.45) is 0 Å². The second-order valence-electron chi connectivity index (χ2n) is 3.55. The molecule has 1 aromatic carbocycles. The van der Waals surface area contributed by atoms with E-state index in [1.807, 2.05) is 13.0 Å². The molecular formula is C11H11ClFN3. The van der Waals surface area contributed by atoms with Crippen LogP contribution in [-0.2, 0) is 13.0 Å². The van der Waals surface area contributed by atoms with E-state index in [9.17, 15) is 4.39 Å². The zero-order valence-electron chi connectivity index (χ0n) is 8.82. The fraction of sp³-hybridized carbons (Fsp3) is 0.273. The van der Waals surface area contributed by atoms with Crippen molar-refractivity contribution < 1.29 is 4.39 Å². The molecular weight excluding hydrogens is 229 g/mol. The molecule has 0 saturated heterocycles. The summed E-state index contributed by atoms with van der Waals surface area (Å²) in [5, 5.41) is 7.97. The summed E-state index contributed by atoms with van der Waals surface area (Å²) in [4.78, 5) is 0. The lowest BCUT2D eigenvalue weighted by molar-refractivity contribution is 0.620. The highest BCUT2D eigenvalue weighted by Gasteiger charge is 2.05. The Bertz CT molecular complexity index is 476. The van der Waals surface area contributed by atoms with E-state index in [2.05, 4.69) is 10.2 Å². The minimum Gasteiger partial charge on any atom is -0.302 e. The van der Waals surface area contributed by atoms with Crippen LogP contribution in [0.15, 0.2) is 24.3 Å². The average Bonchev–Trinajstić information content (AvgIpc) is 2.56. The van der Waals surface area contributed by atoms with Gasteiger partial charge in [-0.2, -0.15) is 0 Å². The van der Waals surface area contributed by atoms with Crippen molar-refractivity contribution in [3.8, 4) is 0 Å². The van der Waals surface area contributed by atoms with Crippen molar-refractivity contribution in [2.75, 3.05) is 0 Å². The van der Waals surface area contributed by atoms with Gasteiger partial charge >= 0.3 is 0 Å². The Hall–Kier alpha value is -1.42. The highest BCUT2D eigenvalue weighted by molar-refractivity contribution is 6.28. The van der Waals surface area contributed by atoms with E-state index in [1.54, 1.807) is 10.6 Å². The molecule has 0 N–H and O–H groups in total. The first kappa shape index (κ1) is 11.1. The summed E-state index contributed by atoms with van der Waals surface area (Å²) < 4.78 is 14.7. The smallest absolute Gasteiger partial charge is 0.225 e. The molecule has 0 aliphatic rings. The zero-order valence-corrected chi connectivity index (χ0v) is 9.58. The number of nitrogens with zero attached hydrogens (tertiary/aromatic N) is 3. The molecule has 3 nitrogen and oxygen atoms in total. The number of halogens is 2. The fourth-order valence-electron chi connectivity index (χ4n) is 1.54. The Balaban J connectivity index is 2.08. The molecule has 2 rings (SSSR count). The molecule has 1 heterocycles. The third-order valence-electron chi connectivity index (χ3n) is 2.40. The van der Waals surface area contributed by atoms with Crippen molar-refractivity contribution in [3.63, 3.8) is 0 Å². The number of rotatable bonds is 3. The summed E-state index contributed by atoms with van der Waals surface area (Å²) in [7, 11) is 0. The van der Waals surface area contributed by atoms with Gasteiger partial charge in [0.1, 0.15) is 11.6 Å². The third-order valence-corrected chi connectivity index (χ3v) is 2.68. The van der Waals surface area contributed by atoms with Crippen LogP contribution in [0.2, 0.25) is 5.28 Å². The topological polar surface area (TPSA) is 30.7 Å². The molecule has 0 saturated carbocycles. The van der Waals surface area contributed by atoms with E-state index in [4.69, 9.17) is 11.6 Å². The third kappa shape index (κ3) is 2.39. The van der Waals surface area contributed by atoms with Crippen LogP contribution < -0.4 is 0 Å². The first-order chi connectivity index (χ1) is 7.66. The van der Waals surface area contributed by atoms with E-state index in [0.717, 1.165) is 11.4 Å². The van der Waals surface area contributed by atoms with Gasteiger partial charge in [-0.05, 0) is 42.6 Å². The summed E-state index contributed by atoms with van der Waals surface area (Å²) in [5.41, 5.74) is 0.934. The maximum absolute atomic E-state index is 12.9. The summed E-state index contributed by atoms with van der Waals surface area (Å²) in [6.07, 6.45) is 0.705. The van der Waals surface area contributed by atoms with Gasteiger partial charge in [0.2, 0.25) is 5.28 Å². The molecule has 0 fully saturated rings. The molecule has 0 unspecified atom stereocenters. The molecule has 0 bridgehead atoms. The molecule has 5 heteroatoms. The van der Waals surface area contributed by atoms with Crippen molar-refractivity contribution in [3.05, 3.63) is 46.8 Å². The molecule has 0 atom stereocenters. The van der Waals surface area contributed by atoms with Gasteiger partial charge in [-0.25, -0.2) is 4.39 Å². The Morgan fingerprint density at radius 3 is 2.81 bits per heavy atom. The predicted octanol–water partition coefficient (Wildman–Crippen LogP) is 2.62. The van der Waals surface area contributed by atoms with E-state index >= 15 is 0 Å². The second kappa shape index (κ2) is 4.61. The Kier molecular flexibility index (Phi) is 3.19. The van der Waals surface area contributed by atoms with Crippen molar-refractivity contribution in [1.82, 2.24) is 14.8 Å². The van der Waals surface area contributed by atoms with Gasteiger partial charge in [-0.1, -0.05) is 12.1 Å².